The Kier molecular flexibility index (Phi) is 9.64. The molecule has 4 aromatic rings. The third-order valence-electron chi connectivity index (χ3n) is 5.28. The van der Waals surface area contributed by atoms with Crippen molar-refractivity contribution in [3.63, 3.8) is 0 Å². The van der Waals surface area contributed by atoms with Gasteiger partial charge in [0.25, 0.3) is 0 Å². The summed E-state index contributed by atoms with van der Waals surface area (Å²) in [7, 11) is 2.92. The van der Waals surface area contributed by atoms with Crippen molar-refractivity contribution in [2.45, 2.75) is 6.92 Å². The number of phenols is 2. The van der Waals surface area contributed by atoms with Crippen LogP contribution in [0.2, 0.25) is 0 Å². The second-order valence-electron chi connectivity index (χ2n) is 8.03. The summed E-state index contributed by atoms with van der Waals surface area (Å²) in [5, 5.41) is 22.1. The van der Waals surface area contributed by atoms with Gasteiger partial charge >= 0.3 is 5.97 Å². The third-order valence-corrected chi connectivity index (χ3v) is 5.28. The van der Waals surface area contributed by atoms with Crippen molar-refractivity contribution >= 4 is 23.3 Å². The van der Waals surface area contributed by atoms with Gasteiger partial charge in [0.05, 0.1) is 14.2 Å². The number of ketones is 1. The minimum atomic E-state index is -0.643. The molecule has 0 radical (unpaired) electrons. The average molecular weight is 530 g/mol. The molecule has 4 rings (SSSR count). The number of nitrogens with one attached hydrogen (secondary N) is 1. The zero-order valence-corrected chi connectivity index (χ0v) is 21.5. The van der Waals surface area contributed by atoms with E-state index < -0.39 is 5.97 Å². The Bertz CT molecular complexity index is 1450. The number of hydrogen-bond acceptors (Lipinski definition) is 8. The van der Waals surface area contributed by atoms with Crippen molar-refractivity contribution in [2.24, 2.45) is 0 Å². The van der Waals surface area contributed by atoms with Gasteiger partial charge in [-0.05, 0) is 36.4 Å². The molecule has 0 bridgehead atoms. The molecule has 0 spiro atoms. The van der Waals surface area contributed by atoms with E-state index >= 15 is 0 Å². The first-order valence-corrected chi connectivity index (χ1v) is 11.7. The van der Waals surface area contributed by atoms with Crippen molar-refractivity contribution in [3.8, 4) is 28.7 Å². The number of phenolic OH excluding ortho intramolecular Hbond substituents is 2. The number of rotatable bonds is 7. The number of benzene rings is 4. The zero-order valence-electron chi connectivity index (χ0n) is 21.5. The maximum Gasteiger partial charge on any atom is 0.347 e. The SMILES string of the molecule is CC(=O)Nc1ccc(OC(=O)c2ccccc2O)cc1.COc1cc(O)c(C(=O)c2ccccc2)c(OC)c1. The van der Waals surface area contributed by atoms with E-state index in [1.807, 2.05) is 6.07 Å². The summed E-state index contributed by atoms with van der Waals surface area (Å²) in [5.41, 5.74) is 1.33. The predicted molar refractivity (Wildman–Crippen MR) is 145 cm³/mol. The van der Waals surface area contributed by atoms with Crippen LogP contribution in [0.3, 0.4) is 0 Å². The van der Waals surface area contributed by atoms with E-state index in [9.17, 15) is 24.6 Å². The first-order chi connectivity index (χ1) is 18.7. The second-order valence-corrected chi connectivity index (χ2v) is 8.03. The molecular weight excluding hydrogens is 502 g/mol. The lowest BCUT2D eigenvalue weighted by Crippen LogP contribution is -2.09. The fourth-order valence-electron chi connectivity index (χ4n) is 3.43. The molecule has 0 unspecified atom stereocenters. The fourth-order valence-corrected chi connectivity index (χ4v) is 3.43. The van der Waals surface area contributed by atoms with Crippen LogP contribution in [0.1, 0.15) is 33.2 Å². The second kappa shape index (κ2) is 13.3. The van der Waals surface area contributed by atoms with Gasteiger partial charge in [-0.15, -0.1) is 0 Å². The van der Waals surface area contributed by atoms with Crippen LogP contribution >= 0.6 is 0 Å². The average Bonchev–Trinajstić information content (AvgIpc) is 2.94. The summed E-state index contributed by atoms with van der Waals surface area (Å²) in [4.78, 5) is 35.1. The van der Waals surface area contributed by atoms with Crippen LogP contribution in [0.25, 0.3) is 0 Å². The van der Waals surface area contributed by atoms with Gasteiger partial charge in [-0.3, -0.25) is 9.59 Å². The normalized spacial score (nSPS) is 9.92. The number of amides is 1. The Morgan fingerprint density at radius 3 is 1.95 bits per heavy atom. The van der Waals surface area contributed by atoms with Gasteiger partial charge in [0, 0.05) is 30.3 Å². The molecule has 0 heterocycles. The van der Waals surface area contributed by atoms with Crippen molar-refractivity contribution in [1.82, 2.24) is 0 Å². The van der Waals surface area contributed by atoms with Gasteiger partial charge in [0.1, 0.15) is 39.9 Å². The monoisotopic (exact) mass is 529 g/mol. The zero-order chi connectivity index (χ0) is 28.4. The minimum absolute atomic E-state index is 0.0958. The number of anilines is 1. The van der Waals surface area contributed by atoms with E-state index in [4.69, 9.17) is 14.2 Å². The quantitative estimate of drug-likeness (QED) is 0.169. The molecule has 39 heavy (non-hydrogen) atoms. The smallest absolute Gasteiger partial charge is 0.347 e. The van der Waals surface area contributed by atoms with Crippen LogP contribution in [0.15, 0.2) is 91.0 Å². The van der Waals surface area contributed by atoms with Crippen molar-refractivity contribution in [2.75, 3.05) is 19.5 Å². The maximum absolute atomic E-state index is 12.4. The lowest BCUT2D eigenvalue weighted by molar-refractivity contribution is -0.114. The lowest BCUT2D eigenvalue weighted by Gasteiger charge is -2.11. The van der Waals surface area contributed by atoms with Gasteiger partial charge in [0.2, 0.25) is 11.7 Å². The number of para-hydroxylation sites is 1. The predicted octanol–water partition coefficient (Wildman–Crippen LogP) is 5.21. The van der Waals surface area contributed by atoms with Crippen molar-refractivity contribution in [3.05, 3.63) is 108 Å². The summed E-state index contributed by atoms with van der Waals surface area (Å²) < 4.78 is 15.3. The Hall–Kier alpha value is -5.31. The van der Waals surface area contributed by atoms with Crippen molar-refractivity contribution < 1.29 is 38.8 Å². The van der Waals surface area contributed by atoms with E-state index in [0.29, 0.717) is 22.7 Å². The van der Waals surface area contributed by atoms with Crippen LogP contribution in [0.4, 0.5) is 5.69 Å². The molecule has 0 aliphatic carbocycles. The molecule has 0 fully saturated rings. The highest BCUT2D eigenvalue weighted by atomic mass is 16.5. The highest BCUT2D eigenvalue weighted by Crippen LogP contribution is 2.34. The van der Waals surface area contributed by atoms with E-state index in [-0.39, 0.29) is 40.1 Å². The summed E-state index contributed by atoms with van der Waals surface area (Å²) in [5.74, 6) is -0.369. The van der Waals surface area contributed by atoms with E-state index in [0.717, 1.165) is 0 Å². The van der Waals surface area contributed by atoms with Gasteiger partial charge in [-0.2, -0.15) is 0 Å². The number of methoxy groups -OCH3 is 2. The Morgan fingerprint density at radius 1 is 0.718 bits per heavy atom. The maximum atomic E-state index is 12.4. The number of hydrogen-bond donors (Lipinski definition) is 3. The Morgan fingerprint density at radius 2 is 1.36 bits per heavy atom. The van der Waals surface area contributed by atoms with Crippen LogP contribution < -0.4 is 19.5 Å². The van der Waals surface area contributed by atoms with Gasteiger partial charge in [-0.25, -0.2) is 4.79 Å². The molecule has 4 aromatic carbocycles. The molecular formula is C30H27NO8. The molecule has 0 aliphatic rings. The molecule has 0 atom stereocenters. The van der Waals surface area contributed by atoms with E-state index in [2.05, 4.69) is 5.32 Å². The Balaban J connectivity index is 0.000000216. The standard InChI is InChI=1S/C15H13NO4.C15H14O4/c1-10(17)16-11-6-8-12(9-7-11)20-15(19)13-4-2-3-5-14(13)18;1-18-11-8-12(16)14(13(9-11)19-2)15(17)10-6-4-3-5-7-10/h2-9,18H,1H3,(H,16,17);3-9,16H,1-2H3. The number of carbonyl (C=O) groups is 3. The number of aromatic hydroxyl groups is 2. The topological polar surface area (TPSA) is 131 Å². The summed E-state index contributed by atoms with van der Waals surface area (Å²) in [6.07, 6.45) is 0. The molecule has 200 valence electrons. The van der Waals surface area contributed by atoms with Crippen LogP contribution in [-0.4, -0.2) is 42.1 Å². The molecule has 0 aromatic heterocycles. The lowest BCUT2D eigenvalue weighted by atomic mass is 10.0. The fraction of sp³-hybridized carbons (Fsp3) is 0.100. The highest BCUT2D eigenvalue weighted by Gasteiger charge is 2.20. The van der Waals surface area contributed by atoms with Crippen LogP contribution in [0, 0.1) is 0 Å². The van der Waals surface area contributed by atoms with Crippen LogP contribution in [0.5, 0.6) is 28.7 Å². The Labute approximate surface area is 225 Å². The third kappa shape index (κ3) is 7.59. The van der Waals surface area contributed by atoms with Crippen LogP contribution in [-0.2, 0) is 4.79 Å². The van der Waals surface area contributed by atoms with E-state index in [1.54, 1.807) is 66.7 Å². The molecule has 9 heteroatoms. The molecule has 0 aliphatic heterocycles. The molecule has 3 N–H and O–H groups in total. The van der Waals surface area contributed by atoms with Gasteiger partial charge < -0.3 is 29.7 Å². The minimum Gasteiger partial charge on any atom is -0.507 e. The number of carbonyl (C=O) groups excluding carboxylic acids is 3. The number of esters is 1. The molecule has 0 saturated heterocycles. The van der Waals surface area contributed by atoms with Crippen molar-refractivity contribution in [1.29, 1.82) is 0 Å². The van der Waals surface area contributed by atoms with E-state index in [1.165, 1.54) is 39.3 Å². The largest absolute Gasteiger partial charge is 0.507 e. The number of ether oxygens (including phenoxy) is 3. The summed E-state index contributed by atoms with van der Waals surface area (Å²) >= 11 is 0. The summed E-state index contributed by atoms with van der Waals surface area (Å²) in [6.45, 7) is 1.41. The van der Waals surface area contributed by atoms with Gasteiger partial charge in [-0.1, -0.05) is 42.5 Å². The first kappa shape index (κ1) is 28.3. The first-order valence-electron chi connectivity index (χ1n) is 11.7. The molecule has 1 amide bonds. The molecule has 9 nitrogen and oxygen atoms in total. The summed E-state index contributed by atoms with van der Waals surface area (Å²) in [6, 6.07) is 24.2. The molecule has 0 saturated carbocycles. The van der Waals surface area contributed by atoms with Gasteiger partial charge in [0.15, 0.2) is 0 Å². The highest BCUT2D eigenvalue weighted by molar-refractivity contribution is 6.12.